The van der Waals surface area contributed by atoms with Gasteiger partial charge >= 0.3 is 0 Å². The number of nitrogens with one attached hydrogen (secondary N) is 1. The van der Waals surface area contributed by atoms with E-state index in [-0.39, 0.29) is 17.7 Å². The average Bonchev–Trinajstić information content (AvgIpc) is 3.48. The smallest absolute Gasteiger partial charge is 0.224 e. The zero-order valence-corrected chi connectivity index (χ0v) is 18.0. The molecule has 156 valence electrons. The van der Waals surface area contributed by atoms with Gasteiger partial charge in [0.2, 0.25) is 5.91 Å². The topological polar surface area (TPSA) is 59.8 Å². The molecule has 0 aliphatic heterocycles. The summed E-state index contributed by atoms with van der Waals surface area (Å²) in [6.07, 6.45) is 9.64. The number of nitrogens with zero attached hydrogens (tertiary/aromatic N) is 3. The van der Waals surface area contributed by atoms with Crippen molar-refractivity contribution < 1.29 is 4.79 Å². The van der Waals surface area contributed by atoms with Gasteiger partial charge in [-0.05, 0) is 42.2 Å². The van der Waals surface area contributed by atoms with Crippen LogP contribution < -0.4 is 5.32 Å². The van der Waals surface area contributed by atoms with Crippen LogP contribution >= 0.6 is 11.3 Å². The lowest BCUT2D eigenvalue weighted by Gasteiger charge is -2.26. The molecule has 1 N–H and O–H groups in total. The van der Waals surface area contributed by atoms with Crippen LogP contribution in [0.1, 0.15) is 34.9 Å². The lowest BCUT2D eigenvalue weighted by Crippen LogP contribution is -2.34. The number of fused-ring (bicyclic) bond motifs is 1. The highest BCUT2D eigenvalue weighted by molar-refractivity contribution is 7.18. The lowest BCUT2D eigenvalue weighted by atomic mass is 9.82. The summed E-state index contributed by atoms with van der Waals surface area (Å²) in [5, 5.41) is 8.56. The van der Waals surface area contributed by atoms with Gasteiger partial charge in [-0.25, -0.2) is 4.98 Å². The molecule has 1 aliphatic rings. The average molecular weight is 429 g/mol. The molecule has 2 aromatic carbocycles. The van der Waals surface area contributed by atoms with Crippen LogP contribution in [0.2, 0.25) is 0 Å². The molecule has 0 fully saturated rings. The van der Waals surface area contributed by atoms with Crippen LogP contribution in [-0.2, 0) is 17.9 Å². The minimum atomic E-state index is -0.0937. The number of rotatable bonds is 6. The summed E-state index contributed by atoms with van der Waals surface area (Å²) in [4.78, 5) is 18.1. The molecule has 1 aliphatic carbocycles. The summed E-state index contributed by atoms with van der Waals surface area (Å²) in [7, 11) is 0. The predicted octanol–water partition coefficient (Wildman–Crippen LogP) is 4.91. The van der Waals surface area contributed by atoms with Crippen molar-refractivity contribution in [1.82, 2.24) is 20.1 Å². The summed E-state index contributed by atoms with van der Waals surface area (Å²) in [6, 6.07) is 18.3. The van der Waals surface area contributed by atoms with Gasteiger partial charge in [0, 0.05) is 24.9 Å². The molecule has 1 amide bonds. The van der Waals surface area contributed by atoms with Crippen LogP contribution in [0, 0.1) is 5.92 Å². The molecule has 2 heterocycles. The van der Waals surface area contributed by atoms with Crippen molar-refractivity contribution in [2.75, 3.05) is 0 Å². The fourth-order valence-electron chi connectivity index (χ4n) is 4.19. The molecule has 31 heavy (non-hydrogen) atoms. The van der Waals surface area contributed by atoms with Crippen molar-refractivity contribution in [3.63, 3.8) is 0 Å². The summed E-state index contributed by atoms with van der Waals surface area (Å²) < 4.78 is 3.08. The molecule has 4 aromatic rings. The number of hydrogen-bond donors (Lipinski definition) is 1. The predicted molar refractivity (Wildman–Crippen MR) is 124 cm³/mol. The normalized spacial score (nSPS) is 18.3. The number of thiazole rings is 1. The number of aromatic nitrogens is 3. The van der Waals surface area contributed by atoms with Crippen LogP contribution in [0.5, 0.6) is 0 Å². The van der Waals surface area contributed by atoms with Gasteiger partial charge in [0.05, 0.1) is 27.7 Å². The van der Waals surface area contributed by atoms with E-state index >= 15 is 0 Å². The highest BCUT2D eigenvalue weighted by Crippen LogP contribution is 2.38. The Hall–Kier alpha value is -3.25. The third-order valence-electron chi connectivity index (χ3n) is 5.86. The molecule has 0 unspecified atom stereocenters. The monoisotopic (exact) mass is 428 g/mol. The van der Waals surface area contributed by atoms with Gasteiger partial charge in [-0.2, -0.15) is 5.10 Å². The minimum Gasteiger partial charge on any atom is -0.352 e. The van der Waals surface area contributed by atoms with Gasteiger partial charge in [-0.15, -0.1) is 11.3 Å². The first-order chi connectivity index (χ1) is 15.3. The van der Waals surface area contributed by atoms with E-state index < -0.39 is 0 Å². The molecule has 2 aromatic heterocycles. The van der Waals surface area contributed by atoms with Crippen LogP contribution in [-0.4, -0.2) is 20.7 Å². The maximum atomic E-state index is 13.2. The van der Waals surface area contributed by atoms with E-state index in [2.05, 4.69) is 40.8 Å². The summed E-state index contributed by atoms with van der Waals surface area (Å²) in [5.41, 5.74) is 3.30. The Morgan fingerprint density at radius 2 is 1.84 bits per heavy atom. The minimum absolute atomic E-state index is 0.0937. The number of carbonyl (C=O) groups is 1. The fourth-order valence-corrected chi connectivity index (χ4v) is 5.34. The molecular formula is C25H24N4OS. The highest BCUT2D eigenvalue weighted by Gasteiger charge is 2.32. The van der Waals surface area contributed by atoms with Gasteiger partial charge in [-0.1, -0.05) is 48.6 Å². The van der Waals surface area contributed by atoms with Gasteiger partial charge < -0.3 is 5.32 Å². The van der Waals surface area contributed by atoms with Gasteiger partial charge in [-0.3, -0.25) is 9.48 Å². The molecule has 6 heteroatoms. The Morgan fingerprint density at radius 3 is 2.68 bits per heavy atom. The van der Waals surface area contributed by atoms with E-state index in [1.807, 2.05) is 47.3 Å². The molecule has 0 bridgehead atoms. The molecule has 0 spiro atoms. The van der Waals surface area contributed by atoms with E-state index in [1.165, 1.54) is 4.70 Å². The molecule has 5 rings (SSSR count). The largest absolute Gasteiger partial charge is 0.352 e. The van der Waals surface area contributed by atoms with E-state index in [9.17, 15) is 4.79 Å². The van der Waals surface area contributed by atoms with Crippen LogP contribution in [0.4, 0.5) is 0 Å². The van der Waals surface area contributed by atoms with Crippen LogP contribution in [0.15, 0.2) is 79.1 Å². The molecule has 2 atom stereocenters. The molecular weight excluding hydrogens is 404 g/mol. The standard InChI is InChI=1S/C25H24N4OS/c30-24(26-16-18-8-1-2-9-19(18)17-29-15-7-14-27-29)20-10-3-4-11-21(20)25-28-22-12-5-6-13-23(22)31-25/h1-9,12-15,20-21H,10-11,16-17H2,(H,26,30)/t20-,21+/m0/s1. The molecule has 0 radical (unpaired) electrons. The third kappa shape index (κ3) is 4.30. The summed E-state index contributed by atoms with van der Waals surface area (Å²) in [6.45, 7) is 1.21. The Labute approximate surface area is 185 Å². The zero-order chi connectivity index (χ0) is 21.0. The lowest BCUT2D eigenvalue weighted by molar-refractivity contribution is -0.125. The first-order valence-electron chi connectivity index (χ1n) is 10.6. The Bertz CT molecular complexity index is 1180. The maximum absolute atomic E-state index is 13.2. The molecule has 5 nitrogen and oxygen atoms in total. The number of allylic oxidation sites excluding steroid dienone is 2. The SMILES string of the molecule is O=C(NCc1ccccc1Cn1cccn1)[C@H]1CC=CC[C@H]1c1nc2ccccc2s1. The quantitative estimate of drug-likeness (QED) is 0.444. The number of carbonyl (C=O) groups excluding carboxylic acids is 1. The van der Waals surface area contributed by atoms with Crippen molar-refractivity contribution in [3.05, 3.63) is 95.3 Å². The van der Waals surface area contributed by atoms with Gasteiger partial charge in [0.25, 0.3) is 0 Å². The van der Waals surface area contributed by atoms with Crippen molar-refractivity contribution in [1.29, 1.82) is 0 Å². The Morgan fingerprint density at radius 1 is 1.03 bits per heavy atom. The third-order valence-corrected chi connectivity index (χ3v) is 7.03. The number of hydrogen-bond acceptors (Lipinski definition) is 4. The zero-order valence-electron chi connectivity index (χ0n) is 17.1. The molecule has 0 saturated heterocycles. The number of amides is 1. The fraction of sp³-hybridized carbons (Fsp3) is 0.240. The Balaban J connectivity index is 1.31. The van der Waals surface area contributed by atoms with Crippen molar-refractivity contribution in [2.45, 2.75) is 31.8 Å². The second-order valence-electron chi connectivity index (χ2n) is 7.87. The van der Waals surface area contributed by atoms with E-state index in [0.29, 0.717) is 13.1 Å². The number of benzene rings is 2. The first kappa shape index (κ1) is 19.7. The second kappa shape index (κ2) is 8.86. The highest BCUT2D eigenvalue weighted by atomic mass is 32.1. The van der Waals surface area contributed by atoms with E-state index in [4.69, 9.17) is 4.98 Å². The Kier molecular flexibility index (Phi) is 5.63. The van der Waals surface area contributed by atoms with Crippen LogP contribution in [0.3, 0.4) is 0 Å². The van der Waals surface area contributed by atoms with Gasteiger partial charge in [0.1, 0.15) is 0 Å². The summed E-state index contributed by atoms with van der Waals surface area (Å²) in [5.74, 6) is 0.132. The summed E-state index contributed by atoms with van der Waals surface area (Å²) >= 11 is 1.71. The second-order valence-corrected chi connectivity index (χ2v) is 8.93. The maximum Gasteiger partial charge on any atom is 0.224 e. The van der Waals surface area contributed by atoms with Crippen molar-refractivity contribution >= 4 is 27.5 Å². The van der Waals surface area contributed by atoms with Crippen molar-refractivity contribution in [2.24, 2.45) is 5.92 Å². The molecule has 0 saturated carbocycles. The van der Waals surface area contributed by atoms with Gasteiger partial charge in [0.15, 0.2) is 0 Å². The van der Waals surface area contributed by atoms with Crippen LogP contribution in [0.25, 0.3) is 10.2 Å². The first-order valence-corrected chi connectivity index (χ1v) is 11.4. The van der Waals surface area contributed by atoms with E-state index in [0.717, 1.165) is 34.5 Å². The van der Waals surface area contributed by atoms with E-state index in [1.54, 1.807) is 17.5 Å². The number of para-hydroxylation sites is 1. The van der Waals surface area contributed by atoms with Crippen molar-refractivity contribution in [3.8, 4) is 0 Å².